The number of para-hydroxylation sites is 1. The summed E-state index contributed by atoms with van der Waals surface area (Å²) in [4.78, 5) is 69.1. The molecule has 2 aliphatic carbocycles. The van der Waals surface area contributed by atoms with Crippen LogP contribution in [0.25, 0.3) is 0 Å². The number of nitro groups is 1. The summed E-state index contributed by atoms with van der Waals surface area (Å²) in [6.45, 7) is 1.64. The summed E-state index contributed by atoms with van der Waals surface area (Å²) in [5, 5.41) is 15.2. The molecule has 1 aromatic heterocycles. The number of H-pyrrole nitrogens is 1. The van der Waals surface area contributed by atoms with Crippen molar-refractivity contribution in [2.24, 2.45) is 29.6 Å². The molecule has 3 amide bonds. The molecule has 244 valence electrons. The molecular formula is C34H27ClN4O7S2. The number of imide groups is 1. The van der Waals surface area contributed by atoms with E-state index >= 15 is 0 Å². The number of hydrogen-bond acceptors (Lipinski definition) is 9. The van der Waals surface area contributed by atoms with Gasteiger partial charge in [0.25, 0.3) is 11.6 Å². The minimum atomic E-state index is -0.567. The van der Waals surface area contributed by atoms with Crippen LogP contribution >= 0.6 is 34.7 Å². The number of halogens is 1. The van der Waals surface area contributed by atoms with Crippen LogP contribution in [0.3, 0.4) is 0 Å². The Bertz CT molecular complexity index is 2080. The monoisotopic (exact) mass is 702 g/mol. The van der Waals surface area contributed by atoms with Crippen molar-refractivity contribution in [3.8, 4) is 5.75 Å². The molecule has 7 atom stereocenters. The van der Waals surface area contributed by atoms with Crippen molar-refractivity contribution < 1.29 is 24.0 Å². The number of thiazole rings is 1. The van der Waals surface area contributed by atoms with Crippen molar-refractivity contribution in [3.05, 3.63) is 108 Å². The first-order valence-corrected chi connectivity index (χ1v) is 17.5. The highest BCUT2D eigenvalue weighted by Gasteiger charge is 2.70. The van der Waals surface area contributed by atoms with Crippen LogP contribution in [0.1, 0.15) is 28.3 Å². The topological polar surface area (TPSA) is 152 Å². The summed E-state index contributed by atoms with van der Waals surface area (Å²) < 4.78 is 6.16. The summed E-state index contributed by atoms with van der Waals surface area (Å²) in [7, 11) is 0. The van der Waals surface area contributed by atoms with Crippen molar-refractivity contribution in [2.45, 2.75) is 29.5 Å². The van der Waals surface area contributed by atoms with E-state index in [4.69, 9.17) is 16.3 Å². The number of aryl methyl sites for hydroxylation is 1. The molecule has 3 heterocycles. The van der Waals surface area contributed by atoms with Gasteiger partial charge < -0.3 is 15.0 Å². The van der Waals surface area contributed by atoms with E-state index in [9.17, 15) is 29.3 Å². The van der Waals surface area contributed by atoms with E-state index in [1.165, 1.54) is 29.2 Å². The number of ether oxygens (including phenoxy) is 1. The lowest BCUT2D eigenvalue weighted by atomic mass is 9.68. The van der Waals surface area contributed by atoms with Crippen LogP contribution in [0.4, 0.5) is 17.1 Å². The van der Waals surface area contributed by atoms with Crippen molar-refractivity contribution in [1.82, 2.24) is 4.98 Å². The molecule has 48 heavy (non-hydrogen) atoms. The maximum atomic E-state index is 14.1. The molecule has 0 spiro atoms. The highest BCUT2D eigenvalue weighted by atomic mass is 35.5. The molecule has 8 rings (SSSR count). The Morgan fingerprint density at radius 2 is 1.79 bits per heavy atom. The molecule has 3 fully saturated rings. The number of aromatic amines is 1. The van der Waals surface area contributed by atoms with Crippen molar-refractivity contribution in [1.29, 1.82) is 0 Å². The number of rotatable bonds is 7. The Morgan fingerprint density at radius 3 is 2.52 bits per heavy atom. The molecule has 4 aromatic rings. The molecule has 1 saturated heterocycles. The van der Waals surface area contributed by atoms with Gasteiger partial charge in [0.2, 0.25) is 11.8 Å². The third-order valence-corrected chi connectivity index (χ3v) is 13.0. The maximum absolute atomic E-state index is 14.1. The first-order valence-electron chi connectivity index (χ1n) is 15.4. The van der Waals surface area contributed by atoms with Gasteiger partial charge in [-0.2, -0.15) is 0 Å². The fourth-order valence-corrected chi connectivity index (χ4v) is 11.3. The summed E-state index contributed by atoms with van der Waals surface area (Å²) in [6.07, 6.45) is 0.675. The number of fused-ring (bicyclic) bond motifs is 9. The summed E-state index contributed by atoms with van der Waals surface area (Å²) >= 11 is 9.24. The third kappa shape index (κ3) is 4.86. The van der Waals surface area contributed by atoms with Gasteiger partial charge in [0, 0.05) is 44.5 Å². The number of carbonyl (C=O) groups is 3. The highest BCUT2D eigenvalue weighted by Crippen LogP contribution is 2.69. The Morgan fingerprint density at radius 1 is 1.06 bits per heavy atom. The number of amides is 3. The molecule has 0 radical (unpaired) electrons. The van der Waals surface area contributed by atoms with Gasteiger partial charge in [0.1, 0.15) is 5.75 Å². The lowest BCUT2D eigenvalue weighted by Crippen LogP contribution is -2.42. The molecule has 14 heteroatoms. The molecule has 4 aliphatic rings. The van der Waals surface area contributed by atoms with Crippen LogP contribution in [0.2, 0.25) is 5.02 Å². The SMILES string of the molecule is Cc1ccccc1NC(=O)COc1ccc(Cl)cc1[C@@H]1c2sc(=O)[nH]c2S[C@@H]2[C@@H]3C[C@@H]([C@@H]4C(=O)N(c5ccc([N+](=O)[O-])cc5)C(=O)[C@@H]34)[C@H]12. The number of nitrogens with one attached hydrogen (secondary N) is 2. The second kappa shape index (κ2) is 11.6. The number of non-ortho nitro benzene ring substituents is 1. The van der Waals surface area contributed by atoms with Gasteiger partial charge in [-0.05, 0) is 73.1 Å². The fourth-order valence-electron chi connectivity index (χ4n) is 8.28. The zero-order valence-electron chi connectivity index (χ0n) is 25.3. The number of hydrogen-bond donors (Lipinski definition) is 2. The van der Waals surface area contributed by atoms with Crippen LogP contribution in [-0.4, -0.2) is 39.5 Å². The first kappa shape index (κ1) is 30.8. The Balaban J connectivity index is 1.13. The molecular weight excluding hydrogens is 676 g/mol. The van der Waals surface area contributed by atoms with Crippen molar-refractivity contribution >= 4 is 69.5 Å². The van der Waals surface area contributed by atoms with E-state index in [1.807, 2.05) is 31.2 Å². The minimum Gasteiger partial charge on any atom is -0.483 e. The lowest BCUT2D eigenvalue weighted by Gasteiger charge is -2.43. The zero-order valence-corrected chi connectivity index (χ0v) is 27.6. The first-order chi connectivity index (χ1) is 23.1. The molecule has 2 N–H and O–H groups in total. The smallest absolute Gasteiger partial charge is 0.305 e. The molecule has 2 saturated carbocycles. The van der Waals surface area contributed by atoms with E-state index in [0.717, 1.165) is 26.8 Å². The molecule has 2 bridgehead atoms. The standard InChI is InChI=1S/C34H27ClN4O7S2/c1-15-4-2-3-5-22(15)36-24(40)14-46-23-11-6-16(35)12-19(23)25-26-20-13-21(29(26)47-31-30(25)48-34(43)37-31)28-27(20)32(41)38(33(28)42)17-7-9-18(10-8-17)39(44)45/h2-12,20-21,25-29H,13-14H2,1H3,(H,36,40)(H,37,43)/t20-,21-,25+,26-,27+,28+,29-/m1/s1. The normalized spacial score (nSPS) is 26.6. The number of nitrogens with zero attached hydrogens (tertiary/aromatic N) is 2. The fraction of sp³-hybridized carbons (Fsp3) is 0.294. The Labute approximate surface area is 286 Å². The third-order valence-electron chi connectivity index (χ3n) is 10.1. The maximum Gasteiger partial charge on any atom is 0.305 e. The van der Waals surface area contributed by atoms with Gasteiger partial charge in [-0.3, -0.25) is 34.2 Å². The van der Waals surface area contributed by atoms with E-state index in [0.29, 0.717) is 34.1 Å². The minimum absolute atomic E-state index is 0.0799. The zero-order chi connectivity index (χ0) is 33.4. The number of aromatic nitrogens is 1. The second-order valence-electron chi connectivity index (χ2n) is 12.6. The molecule has 11 nitrogen and oxygen atoms in total. The highest BCUT2D eigenvalue weighted by molar-refractivity contribution is 8.00. The van der Waals surface area contributed by atoms with Crippen molar-refractivity contribution in [3.63, 3.8) is 0 Å². The number of thioether (sulfide) groups is 1. The molecule has 3 aromatic carbocycles. The van der Waals surface area contributed by atoms with Gasteiger partial charge in [-0.25, -0.2) is 0 Å². The Hall–Kier alpha value is -4.46. The Kier molecular flexibility index (Phi) is 7.46. The lowest BCUT2D eigenvalue weighted by molar-refractivity contribution is -0.384. The van der Waals surface area contributed by atoms with Crippen LogP contribution < -0.4 is 19.8 Å². The van der Waals surface area contributed by atoms with Crippen molar-refractivity contribution in [2.75, 3.05) is 16.8 Å². The summed E-state index contributed by atoms with van der Waals surface area (Å²) in [5.41, 5.74) is 2.50. The quantitative estimate of drug-likeness (QED) is 0.135. The molecule has 2 aliphatic heterocycles. The van der Waals surface area contributed by atoms with Crippen LogP contribution in [0.5, 0.6) is 5.75 Å². The van der Waals surface area contributed by atoms with E-state index < -0.39 is 16.8 Å². The van der Waals surface area contributed by atoms with E-state index in [1.54, 1.807) is 30.0 Å². The van der Waals surface area contributed by atoms with Gasteiger partial charge in [-0.15, -0.1) is 11.8 Å². The average Bonchev–Trinajstić information content (AvgIpc) is 3.80. The number of nitro benzene ring substituents is 1. The van der Waals surface area contributed by atoms with Gasteiger partial charge >= 0.3 is 4.87 Å². The summed E-state index contributed by atoms with van der Waals surface area (Å²) in [5.74, 6) is -2.40. The summed E-state index contributed by atoms with van der Waals surface area (Å²) in [6, 6.07) is 18.1. The van der Waals surface area contributed by atoms with Crippen LogP contribution in [0, 0.1) is 46.6 Å². The largest absolute Gasteiger partial charge is 0.483 e. The predicted octanol–water partition coefficient (Wildman–Crippen LogP) is 6.00. The second-order valence-corrected chi connectivity index (χ2v) is 15.2. The van der Waals surface area contributed by atoms with Gasteiger partial charge in [-0.1, -0.05) is 41.1 Å². The van der Waals surface area contributed by atoms with Crippen LogP contribution in [-0.2, 0) is 14.4 Å². The van der Waals surface area contributed by atoms with E-state index in [2.05, 4.69) is 10.3 Å². The van der Waals surface area contributed by atoms with Gasteiger partial charge in [0.15, 0.2) is 6.61 Å². The average molecular weight is 703 g/mol. The number of carbonyl (C=O) groups excluding carboxylic acids is 3. The van der Waals surface area contributed by atoms with Crippen LogP contribution in [0.15, 0.2) is 76.6 Å². The number of benzene rings is 3. The van der Waals surface area contributed by atoms with E-state index in [-0.39, 0.29) is 63.8 Å². The molecule has 0 unspecified atom stereocenters. The predicted molar refractivity (Wildman–Crippen MR) is 181 cm³/mol. The number of anilines is 2. The van der Waals surface area contributed by atoms with Gasteiger partial charge in [0.05, 0.1) is 27.5 Å².